The van der Waals surface area contributed by atoms with Crippen molar-refractivity contribution < 1.29 is 0 Å². The molecule has 0 saturated heterocycles. The van der Waals surface area contributed by atoms with Crippen LogP contribution in [0.4, 0.5) is 0 Å². The Labute approximate surface area is 112 Å². The van der Waals surface area contributed by atoms with E-state index in [-0.39, 0.29) is 0 Å². The molecule has 1 aliphatic carbocycles. The van der Waals surface area contributed by atoms with Crippen LogP contribution in [0.15, 0.2) is 18.2 Å². The van der Waals surface area contributed by atoms with Crippen molar-refractivity contribution in [2.24, 2.45) is 5.92 Å². The fourth-order valence-electron chi connectivity index (χ4n) is 3.30. The van der Waals surface area contributed by atoms with Gasteiger partial charge in [-0.3, -0.25) is 0 Å². The van der Waals surface area contributed by atoms with Gasteiger partial charge in [-0.15, -0.1) is 0 Å². The summed E-state index contributed by atoms with van der Waals surface area (Å²) < 4.78 is 0. The molecular formula is C17H27N. The molecule has 2 rings (SSSR count). The minimum atomic E-state index is 0.459. The molecule has 0 bridgehead atoms. The van der Waals surface area contributed by atoms with Gasteiger partial charge in [-0.05, 0) is 57.6 Å². The summed E-state index contributed by atoms with van der Waals surface area (Å²) in [6, 6.07) is 7.87. The van der Waals surface area contributed by atoms with Crippen molar-refractivity contribution in [3.05, 3.63) is 34.9 Å². The van der Waals surface area contributed by atoms with Gasteiger partial charge in [0.1, 0.15) is 0 Å². The van der Waals surface area contributed by atoms with Crippen LogP contribution in [-0.2, 0) is 0 Å². The summed E-state index contributed by atoms with van der Waals surface area (Å²) >= 11 is 0. The number of rotatable bonds is 4. The van der Waals surface area contributed by atoms with E-state index in [0.29, 0.717) is 12.1 Å². The van der Waals surface area contributed by atoms with E-state index in [1.165, 1.54) is 42.4 Å². The average Bonchev–Trinajstić information content (AvgIpc) is 2.85. The predicted molar refractivity (Wildman–Crippen MR) is 78.9 cm³/mol. The SMILES string of the molecule is Cc1ccc(C)c(C(C)N[C@H](C)C2CCCC2)c1. The van der Waals surface area contributed by atoms with Gasteiger partial charge in [0.05, 0.1) is 0 Å². The van der Waals surface area contributed by atoms with E-state index in [9.17, 15) is 0 Å². The molecule has 18 heavy (non-hydrogen) atoms. The summed E-state index contributed by atoms with van der Waals surface area (Å²) in [4.78, 5) is 0. The Morgan fingerprint density at radius 1 is 1.11 bits per heavy atom. The van der Waals surface area contributed by atoms with Crippen molar-refractivity contribution in [3.63, 3.8) is 0 Å². The van der Waals surface area contributed by atoms with Crippen LogP contribution in [0, 0.1) is 19.8 Å². The van der Waals surface area contributed by atoms with Crippen LogP contribution in [0.1, 0.15) is 62.3 Å². The number of benzene rings is 1. The average molecular weight is 245 g/mol. The van der Waals surface area contributed by atoms with Gasteiger partial charge in [0.2, 0.25) is 0 Å². The van der Waals surface area contributed by atoms with Gasteiger partial charge < -0.3 is 5.32 Å². The molecule has 1 saturated carbocycles. The van der Waals surface area contributed by atoms with Crippen molar-refractivity contribution in [3.8, 4) is 0 Å². The smallest absolute Gasteiger partial charge is 0.0297 e. The van der Waals surface area contributed by atoms with Gasteiger partial charge in [-0.2, -0.15) is 0 Å². The van der Waals surface area contributed by atoms with Gasteiger partial charge in [-0.25, -0.2) is 0 Å². The summed E-state index contributed by atoms with van der Waals surface area (Å²) in [6.07, 6.45) is 5.67. The molecule has 100 valence electrons. The lowest BCUT2D eigenvalue weighted by Gasteiger charge is -2.26. The number of hydrogen-bond acceptors (Lipinski definition) is 1. The van der Waals surface area contributed by atoms with Crippen molar-refractivity contribution in [1.29, 1.82) is 0 Å². The molecule has 0 spiro atoms. The topological polar surface area (TPSA) is 12.0 Å². The third-order valence-corrected chi connectivity index (χ3v) is 4.52. The lowest BCUT2D eigenvalue weighted by Crippen LogP contribution is -2.34. The summed E-state index contributed by atoms with van der Waals surface area (Å²) in [5, 5.41) is 3.81. The molecule has 0 aliphatic heterocycles. The molecule has 1 heteroatoms. The van der Waals surface area contributed by atoms with Crippen LogP contribution < -0.4 is 5.32 Å². The van der Waals surface area contributed by atoms with Crippen LogP contribution in [-0.4, -0.2) is 6.04 Å². The van der Waals surface area contributed by atoms with E-state index < -0.39 is 0 Å². The molecule has 1 aliphatic rings. The number of hydrogen-bond donors (Lipinski definition) is 1. The number of nitrogens with one attached hydrogen (secondary N) is 1. The van der Waals surface area contributed by atoms with Crippen LogP contribution >= 0.6 is 0 Å². The molecule has 0 radical (unpaired) electrons. The fourth-order valence-corrected chi connectivity index (χ4v) is 3.30. The Kier molecular flexibility index (Phi) is 4.45. The zero-order valence-electron chi connectivity index (χ0n) is 12.3. The Bertz CT molecular complexity index is 391. The lowest BCUT2D eigenvalue weighted by molar-refractivity contribution is 0.352. The number of aryl methyl sites for hydroxylation is 2. The van der Waals surface area contributed by atoms with E-state index in [4.69, 9.17) is 0 Å². The zero-order chi connectivity index (χ0) is 13.1. The van der Waals surface area contributed by atoms with Crippen molar-refractivity contribution >= 4 is 0 Å². The van der Waals surface area contributed by atoms with Crippen LogP contribution in [0.3, 0.4) is 0 Å². The minimum Gasteiger partial charge on any atom is -0.307 e. The summed E-state index contributed by atoms with van der Waals surface area (Å²) in [5.41, 5.74) is 4.22. The first-order valence-corrected chi connectivity index (χ1v) is 7.41. The highest BCUT2D eigenvalue weighted by Gasteiger charge is 2.23. The third-order valence-electron chi connectivity index (χ3n) is 4.52. The summed E-state index contributed by atoms with van der Waals surface area (Å²) in [6.45, 7) is 9.05. The highest BCUT2D eigenvalue weighted by Crippen LogP contribution is 2.29. The molecule has 1 aromatic carbocycles. The van der Waals surface area contributed by atoms with Gasteiger partial charge in [-0.1, -0.05) is 36.6 Å². The second-order valence-corrected chi connectivity index (χ2v) is 6.08. The molecule has 0 amide bonds. The largest absolute Gasteiger partial charge is 0.307 e. The highest BCUT2D eigenvalue weighted by atomic mass is 14.9. The third kappa shape index (κ3) is 3.14. The maximum absolute atomic E-state index is 3.81. The van der Waals surface area contributed by atoms with Gasteiger partial charge >= 0.3 is 0 Å². The first kappa shape index (κ1) is 13.6. The van der Waals surface area contributed by atoms with Crippen LogP contribution in [0.2, 0.25) is 0 Å². The van der Waals surface area contributed by atoms with E-state index in [1.54, 1.807) is 0 Å². The molecule has 0 heterocycles. The quantitative estimate of drug-likeness (QED) is 0.821. The second kappa shape index (κ2) is 5.88. The Morgan fingerprint density at radius 2 is 1.78 bits per heavy atom. The van der Waals surface area contributed by atoms with Gasteiger partial charge in [0.15, 0.2) is 0 Å². The van der Waals surface area contributed by atoms with Gasteiger partial charge in [0, 0.05) is 12.1 Å². The zero-order valence-corrected chi connectivity index (χ0v) is 12.3. The first-order chi connectivity index (χ1) is 8.58. The molecule has 1 fully saturated rings. The maximum atomic E-state index is 3.81. The Balaban J connectivity index is 2.02. The predicted octanol–water partition coefficient (Wildman–Crippen LogP) is 4.53. The molecule has 2 atom stereocenters. The highest BCUT2D eigenvalue weighted by molar-refractivity contribution is 5.32. The van der Waals surface area contributed by atoms with Crippen molar-refractivity contribution in [1.82, 2.24) is 5.32 Å². The molecule has 1 N–H and O–H groups in total. The summed E-state index contributed by atoms with van der Waals surface area (Å²) in [7, 11) is 0. The second-order valence-electron chi connectivity index (χ2n) is 6.08. The van der Waals surface area contributed by atoms with Gasteiger partial charge in [0.25, 0.3) is 0 Å². The van der Waals surface area contributed by atoms with Crippen molar-refractivity contribution in [2.45, 2.75) is 65.5 Å². The molecule has 0 aromatic heterocycles. The standard InChI is InChI=1S/C17H27N/c1-12-9-10-13(2)17(11-12)15(4)18-14(3)16-7-5-6-8-16/h9-11,14-16,18H,5-8H2,1-4H3/t14-,15?/m1/s1. The summed E-state index contributed by atoms with van der Waals surface area (Å²) in [5.74, 6) is 0.887. The molecular weight excluding hydrogens is 218 g/mol. The fraction of sp³-hybridized carbons (Fsp3) is 0.647. The lowest BCUT2D eigenvalue weighted by atomic mass is 9.95. The normalized spacial score (nSPS) is 20.0. The Morgan fingerprint density at radius 3 is 2.44 bits per heavy atom. The van der Waals surface area contributed by atoms with E-state index >= 15 is 0 Å². The van der Waals surface area contributed by atoms with E-state index in [1.807, 2.05) is 0 Å². The monoisotopic (exact) mass is 245 g/mol. The minimum absolute atomic E-state index is 0.459. The van der Waals surface area contributed by atoms with E-state index in [2.05, 4.69) is 51.2 Å². The molecule has 1 unspecified atom stereocenters. The van der Waals surface area contributed by atoms with Crippen LogP contribution in [0.5, 0.6) is 0 Å². The van der Waals surface area contributed by atoms with Crippen molar-refractivity contribution in [2.75, 3.05) is 0 Å². The maximum Gasteiger partial charge on any atom is 0.0297 e. The molecule has 1 aromatic rings. The van der Waals surface area contributed by atoms with E-state index in [0.717, 1.165) is 5.92 Å². The Hall–Kier alpha value is -0.820. The molecule has 1 nitrogen and oxygen atoms in total. The van der Waals surface area contributed by atoms with Crippen LogP contribution in [0.25, 0.3) is 0 Å². The first-order valence-electron chi connectivity index (χ1n) is 7.41.